The van der Waals surface area contributed by atoms with Gasteiger partial charge < -0.3 is 30.4 Å². The number of halogens is 2. The molecule has 0 aromatic heterocycles. The second kappa shape index (κ2) is 17.5. The Balaban J connectivity index is 0.000000207. The fourth-order valence-electron chi connectivity index (χ4n) is 5.31. The van der Waals surface area contributed by atoms with Crippen LogP contribution in [0.25, 0.3) is 0 Å². The van der Waals surface area contributed by atoms with Gasteiger partial charge in [0.05, 0.1) is 53.6 Å². The molecule has 0 fully saturated rings. The van der Waals surface area contributed by atoms with Gasteiger partial charge in [-0.2, -0.15) is 12.6 Å². The van der Waals surface area contributed by atoms with E-state index in [2.05, 4.69) is 38.8 Å². The van der Waals surface area contributed by atoms with Gasteiger partial charge in [0.15, 0.2) is 23.0 Å². The van der Waals surface area contributed by atoms with E-state index in [1.807, 2.05) is 72.8 Å². The van der Waals surface area contributed by atoms with Crippen molar-refractivity contribution in [3.63, 3.8) is 0 Å². The first-order chi connectivity index (χ1) is 21.7. The van der Waals surface area contributed by atoms with Gasteiger partial charge in [0.25, 0.3) is 0 Å². The van der Waals surface area contributed by atoms with Gasteiger partial charge in [0.1, 0.15) is 0 Å². The van der Waals surface area contributed by atoms with Gasteiger partial charge in [-0.15, -0.1) is 0 Å². The van der Waals surface area contributed by atoms with E-state index < -0.39 is 15.8 Å². The van der Waals surface area contributed by atoms with E-state index in [0.717, 1.165) is 45.3 Å². The number of nitrogens with two attached hydrogens (primary N) is 2. The number of benzene rings is 4. The van der Waals surface area contributed by atoms with Crippen molar-refractivity contribution in [2.75, 3.05) is 40.2 Å². The Bertz CT molecular complexity index is 1430. The molecule has 0 saturated carbocycles. The van der Waals surface area contributed by atoms with Crippen molar-refractivity contribution in [3.05, 3.63) is 107 Å². The quantitative estimate of drug-likeness (QED) is 0.105. The maximum absolute atomic E-state index is 6.15. The van der Waals surface area contributed by atoms with Crippen LogP contribution in [0.1, 0.15) is 39.6 Å². The van der Waals surface area contributed by atoms with Crippen LogP contribution in [0.3, 0.4) is 0 Å². The Labute approximate surface area is 290 Å². The molecule has 4 aromatic rings. The first-order valence-electron chi connectivity index (χ1n) is 14.3. The summed E-state index contributed by atoms with van der Waals surface area (Å²) in [6.07, 6.45) is 0. The molecule has 0 aliphatic carbocycles. The Morgan fingerprint density at radius 3 is 1.31 bits per heavy atom. The van der Waals surface area contributed by atoms with Crippen molar-refractivity contribution in [2.24, 2.45) is 11.5 Å². The van der Waals surface area contributed by atoms with E-state index in [0.29, 0.717) is 0 Å². The predicted molar refractivity (Wildman–Crippen MR) is 194 cm³/mol. The van der Waals surface area contributed by atoms with Crippen molar-refractivity contribution in [2.45, 2.75) is 17.3 Å². The third-order valence-electron chi connectivity index (χ3n) is 7.54. The van der Waals surface area contributed by atoms with E-state index in [1.54, 1.807) is 0 Å². The van der Waals surface area contributed by atoms with Gasteiger partial charge >= 0.3 is 34.5 Å². The minimum atomic E-state index is -0.709. The third kappa shape index (κ3) is 8.86. The Kier molecular flexibility index (Phi) is 14.1. The summed E-state index contributed by atoms with van der Waals surface area (Å²) in [4.78, 5) is 0. The molecule has 0 amide bonds. The first-order valence-corrected chi connectivity index (χ1v) is 24.3. The second-order valence-corrected chi connectivity index (χ2v) is 19.1. The number of fused-ring (bicyclic) bond motifs is 2. The summed E-state index contributed by atoms with van der Waals surface area (Å²) in [5.74, 6) is 3.26. The zero-order valence-electron chi connectivity index (χ0n) is 25.6. The van der Waals surface area contributed by atoms with Crippen LogP contribution in [-0.2, 0) is 15.1 Å². The zero-order valence-corrected chi connectivity index (χ0v) is 31.7. The van der Waals surface area contributed by atoms with Crippen molar-refractivity contribution in [1.29, 1.82) is 0 Å². The van der Waals surface area contributed by atoms with E-state index in [-0.39, 0.29) is 46.1 Å². The summed E-state index contributed by atoms with van der Waals surface area (Å²) < 4.78 is 23.0. The third-order valence-corrected chi connectivity index (χ3v) is 11.1. The number of rotatable bonds is 7. The number of hydrogen-bond donors (Lipinski definition) is 3. The summed E-state index contributed by atoms with van der Waals surface area (Å²) >= 11 is 4.75. The van der Waals surface area contributed by atoms with Crippen molar-refractivity contribution in [1.82, 2.24) is 0 Å². The van der Waals surface area contributed by atoms with Crippen molar-refractivity contribution >= 4 is 58.5 Å². The zero-order chi connectivity index (χ0) is 32.5. The van der Waals surface area contributed by atoms with E-state index in [4.69, 9.17) is 62.4 Å². The van der Waals surface area contributed by atoms with Gasteiger partial charge in [-0.25, -0.2) is 0 Å². The van der Waals surface area contributed by atoms with E-state index >= 15 is 0 Å². The van der Waals surface area contributed by atoms with Gasteiger partial charge in [-0.05, 0) is 35.4 Å². The summed E-state index contributed by atoms with van der Waals surface area (Å²) in [6, 6.07) is 28.0. The molecular weight excluding hydrogens is 754 g/mol. The monoisotopic (exact) mass is 794 g/mol. The molecule has 0 bridgehead atoms. The van der Waals surface area contributed by atoms with Crippen molar-refractivity contribution in [3.8, 4) is 23.0 Å². The number of thiol groups is 1. The Morgan fingerprint density at radius 2 is 0.978 bits per heavy atom. The van der Waals surface area contributed by atoms with Crippen LogP contribution in [0.5, 0.6) is 23.0 Å². The molecule has 2 unspecified atom stereocenters. The summed E-state index contributed by atoms with van der Waals surface area (Å²) in [7, 11) is 8.29. The minimum absolute atomic E-state index is 0.145. The molecular formula is C33H40Cl2N2O4P2RuS+4. The molecule has 2 aliphatic rings. The Morgan fingerprint density at radius 1 is 0.622 bits per heavy atom. The molecule has 4 N–H and O–H groups in total. The molecule has 2 heterocycles. The van der Waals surface area contributed by atoms with Gasteiger partial charge in [-0.1, -0.05) is 60.7 Å². The summed E-state index contributed by atoms with van der Waals surface area (Å²) in [5.41, 5.74) is 16.7. The van der Waals surface area contributed by atoms with Crippen LogP contribution >= 0.6 is 47.9 Å². The molecule has 0 spiro atoms. The standard InChI is InChI=1S/C19H22O4P2S.C14H16N2.2ClH.Ru/c1-24(2)13-7-5-11-17(22-9-20-11)15(13)19(26)16-14(25(3)4)8-6-12-18(16)23-10-21-12;15-13(11-7-3-1-4-8-11)14(16)12-9-5-2-6-10-12;;;/h5-8,19,26H,9-10H2,1-4H3;1-10,13-14H,15-16H2;2*1H;/q;;;;+4. The molecule has 0 saturated heterocycles. The van der Waals surface area contributed by atoms with Crippen LogP contribution in [0, 0.1) is 0 Å². The number of hydrogen-bond acceptors (Lipinski definition) is 7. The molecule has 2 aliphatic heterocycles. The number of ether oxygens (including phenoxy) is 4. The van der Waals surface area contributed by atoms with Gasteiger partial charge in [0.2, 0.25) is 13.6 Å². The fourth-order valence-corrected chi connectivity index (χ4v) is 8.49. The molecule has 12 heteroatoms. The molecule has 6 nitrogen and oxygen atoms in total. The fraction of sp³-hybridized carbons (Fsp3) is 0.273. The SMILES string of the molecule is C[PH+](C)c1ccc2c(c1C(S)c1c([PH+](C)C)ccc3c1OCO3)OCO2.NC(c1ccccc1)C(N)c1ccccc1.[Cl][Ru+2][Cl]. The summed E-state index contributed by atoms with van der Waals surface area (Å²) in [5, 5.41) is 2.50. The maximum atomic E-state index is 6.15. The van der Waals surface area contributed by atoms with Crippen LogP contribution in [0.15, 0.2) is 84.9 Å². The van der Waals surface area contributed by atoms with Crippen LogP contribution in [0.4, 0.5) is 0 Å². The van der Waals surface area contributed by atoms with Crippen LogP contribution in [0.2, 0.25) is 0 Å². The molecule has 6 rings (SSSR count). The second-order valence-electron chi connectivity index (χ2n) is 10.8. The average molecular weight is 795 g/mol. The predicted octanol–water partition coefficient (Wildman–Crippen LogP) is 7.12. The molecule has 240 valence electrons. The Hall–Kier alpha value is -1.59. The molecule has 2 atom stereocenters. The topological polar surface area (TPSA) is 89.0 Å². The summed E-state index contributed by atoms with van der Waals surface area (Å²) in [6.45, 7) is 9.68. The van der Waals surface area contributed by atoms with Gasteiger partial charge in [0, 0.05) is 27.9 Å². The first kappa shape index (κ1) is 36.3. The molecule has 0 radical (unpaired) electrons. The van der Waals surface area contributed by atoms with E-state index in [1.165, 1.54) is 10.6 Å². The van der Waals surface area contributed by atoms with Crippen LogP contribution in [-0.4, -0.2) is 40.2 Å². The molecule has 4 aromatic carbocycles. The molecule has 45 heavy (non-hydrogen) atoms. The van der Waals surface area contributed by atoms with Crippen LogP contribution < -0.4 is 41.0 Å². The average Bonchev–Trinajstić information content (AvgIpc) is 3.74. The van der Waals surface area contributed by atoms with Crippen molar-refractivity contribution < 1.29 is 34.1 Å². The van der Waals surface area contributed by atoms with Gasteiger partial charge in [-0.3, -0.25) is 0 Å². The normalized spacial score (nSPS) is 14.0. The van der Waals surface area contributed by atoms with E-state index in [9.17, 15) is 0 Å².